The van der Waals surface area contributed by atoms with Crippen LogP contribution in [0.15, 0.2) is 24.3 Å². The summed E-state index contributed by atoms with van der Waals surface area (Å²) in [5.74, 6) is -0.464. The molecule has 2 amide bonds. The number of carbonyl (C=O) groups is 3. The van der Waals surface area contributed by atoms with E-state index in [9.17, 15) is 14.4 Å². The summed E-state index contributed by atoms with van der Waals surface area (Å²) in [6.45, 7) is 0.110. The van der Waals surface area contributed by atoms with Crippen molar-refractivity contribution in [3.63, 3.8) is 0 Å². The van der Waals surface area contributed by atoms with Gasteiger partial charge < -0.3 is 4.74 Å². The molecule has 2 rings (SSSR count). The predicted molar refractivity (Wildman–Crippen MR) is 66.9 cm³/mol. The minimum atomic E-state index is -0.385. The van der Waals surface area contributed by atoms with E-state index >= 15 is 0 Å². The molecule has 0 unspecified atom stereocenters. The highest BCUT2D eigenvalue weighted by Crippen LogP contribution is 2.18. The van der Waals surface area contributed by atoms with Crippen molar-refractivity contribution in [3.8, 4) is 5.75 Å². The highest BCUT2D eigenvalue weighted by Gasteiger charge is 2.25. The third-order valence-corrected chi connectivity index (χ3v) is 2.79. The summed E-state index contributed by atoms with van der Waals surface area (Å²) < 4.78 is 5.11. The van der Waals surface area contributed by atoms with E-state index in [0.29, 0.717) is 11.3 Å². The van der Waals surface area contributed by atoms with E-state index in [-0.39, 0.29) is 37.2 Å². The van der Waals surface area contributed by atoms with Gasteiger partial charge in [-0.3, -0.25) is 24.6 Å². The molecule has 0 radical (unpaired) electrons. The largest absolute Gasteiger partial charge is 0.496 e. The number of ether oxygens (including phenoxy) is 1. The summed E-state index contributed by atoms with van der Waals surface area (Å²) in [5, 5.41) is 2.19. The number of nitrogens with one attached hydrogen (secondary N) is 1. The number of Topliss-reactive ketones (excluding diaryl/α,β-unsaturated/α-hetero) is 1. The molecule has 1 aromatic rings. The molecule has 100 valence electrons. The molecular formula is C13H14N2O4. The second kappa shape index (κ2) is 5.62. The number of imide groups is 1. The standard InChI is InChI=1S/C13H14N2O4/c1-19-11-5-3-2-4-9(11)10(16)6-15-7-12(17)14-13(18)8-15/h2-5H,6-8H2,1H3,(H,14,17,18). The van der Waals surface area contributed by atoms with Gasteiger partial charge in [0.2, 0.25) is 11.8 Å². The van der Waals surface area contributed by atoms with Crippen molar-refractivity contribution in [2.24, 2.45) is 0 Å². The molecule has 0 spiro atoms. The molecule has 1 fully saturated rings. The lowest BCUT2D eigenvalue weighted by molar-refractivity contribution is -0.135. The summed E-state index contributed by atoms with van der Waals surface area (Å²) in [5.41, 5.74) is 0.448. The molecule has 1 saturated heterocycles. The lowest BCUT2D eigenvalue weighted by atomic mass is 10.1. The van der Waals surface area contributed by atoms with Crippen molar-refractivity contribution >= 4 is 17.6 Å². The molecule has 0 aromatic heterocycles. The Bertz CT molecular complexity index is 511. The second-order valence-electron chi connectivity index (χ2n) is 4.24. The Hall–Kier alpha value is -2.21. The van der Waals surface area contributed by atoms with Gasteiger partial charge in [0.1, 0.15) is 5.75 Å². The Kier molecular flexibility index (Phi) is 3.91. The van der Waals surface area contributed by atoms with E-state index in [1.54, 1.807) is 24.3 Å². The summed E-state index contributed by atoms with van der Waals surface area (Å²) in [6.07, 6.45) is 0. The summed E-state index contributed by atoms with van der Waals surface area (Å²) in [7, 11) is 1.49. The van der Waals surface area contributed by atoms with Gasteiger partial charge in [-0.1, -0.05) is 12.1 Å². The van der Waals surface area contributed by atoms with Crippen LogP contribution in [-0.4, -0.2) is 49.2 Å². The molecule has 1 heterocycles. The summed E-state index contributed by atoms with van der Waals surface area (Å²) in [6, 6.07) is 6.87. The molecule has 6 nitrogen and oxygen atoms in total. The molecule has 6 heteroatoms. The zero-order valence-corrected chi connectivity index (χ0v) is 10.5. The van der Waals surface area contributed by atoms with E-state index in [4.69, 9.17) is 4.74 Å². The molecule has 0 atom stereocenters. The maximum atomic E-state index is 12.1. The number of piperazine rings is 1. The fraction of sp³-hybridized carbons (Fsp3) is 0.308. The van der Waals surface area contributed by atoms with Crippen LogP contribution in [0.2, 0.25) is 0 Å². The van der Waals surface area contributed by atoms with Gasteiger partial charge in [-0.2, -0.15) is 0 Å². The van der Waals surface area contributed by atoms with Crippen LogP contribution < -0.4 is 10.1 Å². The molecule has 1 aliphatic heterocycles. The van der Waals surface area contributed by atoms with Crippen molar-refractivity contribution in [2.75, 3.05) is 26.7 Å². The number of hydrogen-bond acceptors (Lipinski definition) is 5. The normalized spacial score (nSPS) is 16.1. The highest BCUT2D eigenvalue weighted by atomic mass is 16.5. The van der Waals surface area contributed by atoms with Crippen LogP contribution in [0.5, 0.6) is 5.75 Å². The van der Waals surface area contributed by atoms with Crippen LogP contribution in [0, 0.1) is 0 Å². The average molecular weight is 262 g/mol. The SMILES string of the molecule is COc1ccccc1C(=O)CN1CC(=O)NC(=O)C1. The van der Waals surface area contributed by atoms with E-state index in [2.05, 4.69) is 5.32 Å². The number of benzene rings is 1. The maximum Gasteiger partial charge on any atom is 0.240 e. The first kappa shape index (κ1) is 13.2. The molecule has 1 N–H and O–H groups in total. The van der Waals surface area contributed by atoms with Gasteiger partial charge in [-0.05, 0) is 12.1 Å². The minimum absolute atomic E-state index is 0.0134. The monoisotopic (exact) mass is 262 g/mol. The van der Waals surface area contributed by atoms with Crippen LogP contribution >= 0.6 is 0 Å². The van der Waals surface area contributed by atoms with E-state index < -0.39 is 0 Å². The van der Waals surface area contributed by atoms with Gasteiger partial charge >= 0.3 is 0 Å². The molecule has 0 bridgehead atoms. The van der Waals surface area contributed by atoms with E-state index in [0.717, 1.165) is 0 Å². The van der Waals surface area contributed by atoms with Crippen LogP contribution in [0.25, 0.3) is 0 Å². The molecule has 0 aliphatic carbocycles. The van der Waals surface area contributed by atoms with Gasteiger partial charge in [-0.25, -0.2) is 0 Å². The first-order valence-corrected chi connectivity index (χ1v) is 5.81. The maximum absolute atomic E-state index is 12.1. The van der Waals surface area contributed by atoms with Crippen LogP contribution in [0.1, 0.15) is 10.4 Å². The van der Waals surface area contributed by atoms with E-state index in [1.165, 1.54) is 12.0 Å². The van der Waals surface area contributed by atoms with E-state index in [1.807, 2.05) is 0 Å². The van der Waals surface area contributed by atoms with Gasteiger partial charge in [0, 0.05) is 0 Å². The Balaban J connectivity index is 2.08. The number of para-hydroxylation sites is 1. The molecule has 1 aliphatic rings. The van der Waals surface area contributed by atoms with Gasteiger partial charge in [0.05, 0.1) is 32.3 Å². The Morgan fingerprint density at radius 1 is 1.26 bits per heavy atom. The number of amides is 2. The van der Waals surface area contributed by atoms with Crippen molar-refractivity contribution < 1.29 is 19.1 Å². The third-order valence-electron chi connectivity index (χ3n) is 2.79. The van der Waals surface area contributed by atoms with Gasteiger partial charge in [0.25, 0.3) is 0 Å². The van der Waals surface area contributed by atoms with Crippen molar-refractivity contribution in [1.82, 2.24) is 10.2 Å². The lowest BCUT2D eigenvalue weighted by Gasteiger charge is -2.24. The summed E-state index contributed by atoms with van der Waals surface area (Å²) in [4.78, 5) is 36.1. The third kappa shape index (κ3) is 3.17. The molecule has 19 heavy (non-hydrogen) atoms. The van der Waals surface area contributed by atoms with Crippen molar-refractivity contribution in [2.45, 2.75) is 0 Å². The zero-order valence-electron chi connectivity index (χ0n) is 10.5. The number of methoxy groups -OCH3 is 1. The fourth-order valence-electron chi connectivity index (χ4n) is 1.97. The predicted octanol–water partition coefficient (Wildman–Crippen LogP) is -0.164. The first-order valence-electron chi connectivity index (χ1n) is 5.81. The minimum Gasteiger partial charge on any atom is -0.496 e. The van der Waals surface area contributed by atoms with Crippen LogP contribution in [-0.2, 0) is 9.59 Å². The average Bonchev–Trinajstić information content (AvgIpc) is 2.37. The number of ketones is 1. The van der Waals surface area contributed by atoms with Gasteiger partial charge in [0.15, 0.2) is 5.78 Å². The Labute approximate surface area is 110 Å². The zero-order chi connectivity index (χ0) is 13.8. The Morgan fingerprint density at radius 3 is 2.53 bits per heavy atom. The highest BCUT2D eigenvalue weighted by molar-refractivity contribution is 6.02. The van der Waals surface area contributed by atoms with Crippen LogP contribution in [0.3, 0.4) is 0 Å². The lowest BCUT2D eigenvalue weighted by Crippen LogP contribution is -2.52. The molecule has 0 saturated carbocycles. The second-order valence-corrected chi connectivity index (χ2v) is 4.24. The quantitative estimate of drug-likeness (QED) is 0.602. The summed E-state index contributed by atoms with van der Waals surface area (Å²) >= 11 is 0. The number of carbonyl (C=O) groups excluding carboxylic acids is 3. The molecule has 1 aromatic carbocycles. The van der Waals surface area contributed by atoms with Crippen LogP contribution in [0.4, 0.5) is 0 Å². The fourth-order valence-corrected chi connectivity index (χ4v) is 1.97. The first-order chi connectivity index (χ1) is 9.10. The van der Waals surface area contributed by atoms with Crippen molar-refractivity contribution in [3.05, 3.63) is 29.8 Å². The van der Waals surface area contributed by atoms with Crippen molar-refractivity contribution in [1.29, 1.82) is 0 Å². The number of nitrogens with zero attached hydrogens (tertiary/aromatic N) is 1. The number of hydrogen-bond donors (Lipinski definition) is 1. The van der Waals surface area contributed by atoms with Gasteiger partial charge in [-0.15, -0.1) is 0 Å². The topological polar surface area (TPSA) is 75.7 Å². The number of rotatable bonds is 4. The smallest absolute Gasteiger partial charge is 0.240 e. The molecular weight excluding hydrogens is 248 g/mol. The Morgan fingerprint density at radius 2 is 1.89 bits per heavy atom.